The highest BCUT2D eigenvalue weighted by Gasteiger charge is 2.19. The van der Waals surface area contributed by atoms with Crippen molar-refractivity contribution in [2.24, 2.45) is 34.3 Å². The summed E-state index contributed by atoms with van der Waals surface area (Å²) in [7, 11) is 0. The predicted octanol–water partition coefficient (Wildman–Crippen LogP) is 2.20. The van der Waals surface area contributed by atoms with Gasteiger partial charge in [0.15, 0.2) is 0 Å². The average Bonchev–Trinajstić information content (AvgIpc) is 2.38. The summed E-state index contributed by atoms with van der Waals surface area (Å²) in [6, 6.07) is 0. The van der Waals surface area contributed by atoms with Crippen LogP contribution in [0.15, 0.2) is 0 Å². The predicted molar refractivity (Wildman–Crippen MR) is 91.5 cm³/mol. The molecule has 0 saturated carbocycles. The van der Waals surface area contributed by atoms with Gasteiger partial charge in [0.2, 0.25) is 0 Å². The van der Waals surface area contributed by atoms with Gasteiger partial charge in [0.05, 0.1) is 0 Å². The molecular formula is C16H40N4. The van der Waals surface area contributed by atoms with Gasteiger partial charge >= 0.3 is 0 Å². The van der Waals surface area contributed by atoms with Crippen LogP contribution in [0.5, 0.6) is 0 Å². The van der Waals surface area contributed by atoms with E-state index in [1.807, 2.05) is 0 Å². The van der Waals surface area contributed by atoms with Crippen molar-refractivity contribution in [1.82, 2.24) is 0 Å². The minimum absolute atomic E-state index is 0.369. The minimum atomic E-state index is 0.369. The fraction of sp³-hybridized carbons (Fsp3) is 1.00. The maximum Gasteiger partial charge on any atom is -0.00513 e. The topological polar surface area (TPSA) is 104 Å². The number of hydrogen-bond donors (Lipinski definition) is 4. The lowest BCUT2D eigenvalue weighted by atomic mass is 9.81. The molecule has 1 atom stereocenters. The molecule has 0 aromatic carbocycles. The monoisotopic (exact) mass is 288 g/mol. The maximum atomic E-state index is 5.54. The quantitative estimate of drug-likeness (QED) is 0.437. The van der Waals surface area contributed by atoms with E-state index in [9.17, 15) is 0 Å². The summed E-state index contributed by atoms with van der Waals surface area (Å²) < 4.78 is 0. The zero-order valence-corrected chi connectivity index (χ0v) is 14.2. The van der Waals surface area contributed by atoms with Crippen molar-refractivity contribution in [3.63, 3.8) is 0 Å². The van der Waals surface area contributed by atoms with Crippen LogP contribution in [0.3, 0.4) is 0 Å². The normalized spacial score (nSPS) is 12.8. The summed E-state index contributed by atoms with van der Waals surface area (Å²) in [5.41, 5.74) is 22.1. The zero-order chi connectivity index (χ0) is 15.9. The lowest BCUT2D eigenvalue weighted by Crippen LogP contribution is -2.23. The number of rotatable bonds is 11. The Balaban J connectivity index is 0. The van der Waals surface area contributed by atoms with Crippen molar-refractivity contribution in [3.8, 4) is 0 Å². The van der Waals surface area contributed by atoms with Crippen molar-refractivity contribution in [2.45, 2.75) is 65.7 Å². The number of unbranched alkanes of at least 4 members (excludes halogenated alkanes) is 4. The third-order valence-electron chi connectivity index (χ3n) is 3.53. The smallest absolute Gasteiger partial charge is 0.00513 e. The highest BCUT2D eigenvalue weighted by Crippen LogP contribution is 2.27. The molecule has 124 valence electrons. The van der Waals surface area contributed by atoms with Crippen molar-refractivity contribution in [1.29, 1.82) is 0 Å². The van der Waals surface area contributed by atoms with E-state index in [1.54, 1.807) is 0 Å². The minimum Gasteiger partial charge on any atom is -0.330 e. The molecule has 0 spiro atoms. The third kappa shape index (κ3) is 17.8. The molecule has 0 aromatic heterocycles. The Bertz CT molecular complexity index is 177. The summed E-state index contributed by atoms with van der Waals surface area (Å²) in [5.74, 6) is 0.622. The molecule has 0 aliphatic rings. The van der Waals surface area contributed by atoms with Gasteiger partial charge in [-0.25, -0.2) is 0 Å². The molecule has 0 aromatic rings. The fourth-order valence-corrected chi connectivity index (χ4v) is 2.34. The Labute approximate surface area is 127 Å². The summed E-state index contributed by atoms with van der Waals surface area (Å²) >= 11 is 0. The Morgan fingerprint density at radius 3 is 1.55 bits per heavy atom. The van der Waals surface area contributed by atoms with Crippen LogP contribution in [0.2, 0.25) is 0 Å². The maximum absolute atomic E-state index is 5.54. The zero-order valence-electron chi connectivity index (χ0n) is 14.2. The second-order valence-electron chi connectivity index (χ2n) is 6.59. The Kier molecular flexibility index (Phi) is 16.9. The molecule has 4 nitrogen and oxygen atoms in total. The lowest BCUT2D eigenvalue weighted by Gasteiger charge is -2.26. The second kappa shape index (κ2) is 15.2. The van der Waals surface area contributed by atoms with Gasteiger partial charge in [-0.2, -0.15) is 0 Å². The number of hydrogen-bond acceptors (Lipinski definition) is 4. The van der Waals surface area contributed by atoms with Crippen molar-refractivity contribution >= 4 is 0 Å². The van der Waals surface area contributed by atoms with Gasteiger partial charge in [-0.05, 0) is 63.2 Å². The van der Waals surface area contributed by atoms with Gasteiger partial charge in [0.25, 0.3) is 0 Å². The first-order valence-electron chi connectivity index (χ1n) is 8.23. The van der Waals surface area contributed by atoms with E-state index in [2.05, 4.69) is 20.8 Å². The van der Waals surface area contributed by atoms with Gasteiger partial charge in [-0.15, -0.1) is 0 Å². The largest absolute Gasteiger partial charge is 0.330 e. The van der Waals surface area contributed by atoms with Gasteiger partial charge in [-0.3, -0.25) is 0 Å². The van der Waals surface area contributed by atoms with E-state index < -0.39 is 0 Å². The van der Waals surface area contributed by atoms with Crippen molar-refractivity contribution in [3.05, 3.63) is 0 Å². The average molecular weight is 289 g/mol. The van der Waals surface area contributed by atoms with Crippen LogP contribution in [0.25, 0.3) is 0 Å². The van der Waals surface area contributed by atoms with Crippen LogP contribution in [0.1, 0.15) is 65.7 Å². The van der Waals surface area contributed by atoms with Crippen LogP contribution in [0.4, 0.5) is 0 Å². The first-order chi connectivity index (χ1) is 9.43. The van der Waals surface area contributed by atoms with Gasteiger partial charge in [0, 0.05) is 0 Å². The molecule has 0 rings (SSSR count). The SMILES string of the molecule is CC(CN)CC(C)(C)CCN.NCCCCCCCN. The van der Waals surface area contributed by atoms with E-state index in [1.165, 1.54) is 38.5 Å². The highest BCUT2D eigenvalue weighted by atomic mass is 14.6. The molecule has 0 fully saturated rings. The first-order valence-corrected chi connectivity index (χ1v) is 8.23. The fourth-order valence-electron chi connectivity index (χ4n) is 2.34. The number of nitrogens with two attached hydrogens (primary N) is 4. The summed E-state index contributed by atoms with van der Waals surface area (Å²) in [6.07, 6.45) is 8.47. The highest BCUT2D eigenvalue weighted by molar-refractivity contribution is 4.72. The van der Waals surface area contributed by atoms with Crippen LogP contribution in [0, 0.1) is 11.3 Å². The van der Waals surface area contributed by atoms with Gasteiger partial charge in [0.1, 0.15) is 0 Å². The molecular weight excluding hydrogens is 248 g/mol. The van der Waals surface area contributed by atoms with E-state index in [4.69, 9.17) is 22.9 Å². The molecule has 0 saturated heterocycles. The molecule has 0 radical (unpaired) electrons. The van der Waals surface area contributed by atoms with Gasteiger partial charge < -0.3 is 22.9 Å². The van der Waals surface area contributed by atoms with E-state index in [0.717, 1.165) is 32.6 Å². The third-order valence-corrected chi connectivity index (χ3v) is 3.53. The van der Waals surface area contributed by atoms with Crippen LogP contribution < -0.4 is 22.9 Å². The molecule has 0 aliphatic carbocycles. The Hall–Kier alpha value is -0.160. The van der Waals surface area contributed by atoms with Crippen molar-refractivity contribution < 1.29 is 0 Å². The summed E-state index contributed by atoms with van der Waals surface area (Å²) in [6.45, 7) is 9.94. The van der Waals surface area contributed by atoms with Crippen molar-refractivity contribution in [2.75, 3.05) is 26.2 Å². The Morgan fingerprint density at radius 2 is 1.20 bits per heavy atom. The van der Waals surface area contributed by atoms with Crippen LogP contribution >= 0.6 is 0 Å². The molecule has 0 heterocycles. The first kappa shape index (κ1) is 22.1. The Morgan fingerprint density at radius 1 is 0.750 bits per heavy atom. The molecule has 4 heteroatoms. The van der Waals surface area contributed by atoms with E-state index in [0.29, 0.717) is 11.3 Å². The van der Waals surface area contributed by atoms with Crippen LogP contribution in [-0.4, -0.2) is 26.2 Å². The molecule has 1 unspecified atom stereocenters. The second-order valence-corrected chi connectivity index (χ2v) is 6.59. The summed E-state index contributed by atoms with van der Waals surface area (Å²) in [4.78, 5) is 0. The lowest BCUT2D eigenvalue weighted by molar-refractivity contribution is 0.264. The van der Waals surface area contributed by atoms with E-state index in [-0.39, 0.29) is 0 Å². The molecule has 0 bridgehead atoms. The molecule has 0 amide bonds. The van der Waals surface area contributed by atoms with Gasteiger partial charge in [-0.1, -0.05) is 40.0 Å². The molecule has 20 heavy (non-hydrogen) atoms. The molecule has 0 aliphatic heterocycles. The molecule has 8 N–H and O–H groups in total. The summed E-state index contributed by atoms with van der Waals surface area (Å²) in [5, 5.41) is 0. The standard InChI is InChI=1S/C9H22N2.C7H18N2/c1-8(7-11)6-9(2,3)4-5-10;8-6-4-2-1-3-5-7-9/h8H,4-7,10-11H2,1-3H3;1-9H2. The van der Waals surface area contributed by atoms with E-state index >= 15 is 0 Å². The van der Waals surface area contributed by atoms with Crippen LogP contribution in [-0.2, 0) is 0 Å².